The lowest BCUT2D eigenvalue weighted by molar-refractivity contribution is 0.0182. The van der Waals surface area contributed by atoms with Gasteiger partial charge in [-0.25, -0.2) is 0 Å². The van der Waals surface area contributed by atoms with E-state index in [0.29, 0.717) is 0 Å². The Morgan fingerprint density at radius 3 is 1.08 bits per heavy atom. The number of rotatable bonds is 11. The molecule has 0 aromatic rings. The van der Waals surface area contributed by atoms with Gasteiger partial charge >= 0.3 is 0 Å². The summed E-state index contributed by atoms with van der Waals surface area (Å²) >= 11 is 0. The molecule has 7 saturated carbocycles. The maximum atomic E-state index is 3.20. The second kappa shape index (κ2) is 19.0. The summed E-state index contributed by atoms with van der Waals surface area (Å²) in [4.78, 5) is 6.26. The van der Waals surface area contributed by atoms with Crippen LogP contribution in [0.3, 0.4) is 0 Å². The molecule has 0 amide bonds. The minimum Gasteiger partial charge on any atom is -0.372 e. The first-order chi connectivity index (χ1) is 24.3. The summed E-state index contributed by atoms with van der Waals surface area (Å²) in [5.74, 6) is 0.844. The Kier molecular flexibility index (Phi) is 14.3. The molecule has 0 aromatic heterocycles. The van der Waals surface area contributed by atoms with Crippen LogP contribution >= 0.6 is 0 Å². The summed E-state index contributed by atoms with van der Waals surface area (Å²) in [7, 11) is -1.77. The van der Waals surface area contributed by atoms with Crippen LogP contribution in [0.5, 0.6) is 0 Å². The maximum Gasteiger partial charge on any atom is 0.109 e. The van der Waals surface area contributed by atoms with Gasteiger partial charge in [0.25, 0.3) is 0 Å². The largest absolute Gasteiger partial charge is 0.372 e. The Morgan fingerprint density at radius 2 is 0.673 bits per heavy atom. The van der Waals surface area contributed by atoms with E-state index in [1.54, 1.807) is 0 Å². The van der Waals surface area contributed by atoms with E-state index in [1.165, 1.54) is 218 Å². The fourth-order valence-electron chi connectivity index (χ4n) is 13.2. The predicted molar refractivity (Wildman–Crippen MR) is 215 cm³/mol. The molecule has 49 heavy (non-hydrogen) atoms. The van der Waals surface area contributed by atoms with E-state index in [1.807, 2.05) is 0 Å². The zero-order valence-electron chi connectivity index (χ0n) is 32.4. The van der Waals surface area contributed by atoms with E-state index >= 15 is 0 Å². The normalized spacial score (nSPS) is 30.9. The summed E-state index contributed by atoms with van der Waals surface area (Å²) in [5.41, 5.74) is 8.18. The lowest BCUT2D eigenvalue weighted by atomic mass is 9.81. The molecule has 278 valence electrons. The predicted octanol–water partition coefficient (Wildman–Crippen LogP) is 13.7. The monoisotopic (exact) mass is 689 g/mol. The van der Waals surface area contributed by atoms with Gasteiger partial charge in [0.05, 0.1) is 0 Å². The van der Waals surface area contributed by atoms with E-state index in [9.17, 15) is 0 Å². The molecule has 0 atom stereocenters. The van der Waals surface area contributed by atoms with Crippen LogP contribution in [0, 0.1) is 5.92 Å². The van der Waals surface area contributed by atoms with Crippen molar-refractivity contribution in [2.45, 2.75) is 260 Å². The topological polar surface area (TPSA) is 6.48 Å². The number of hydrogen-bond acceptors (Lipinski definition) is 2. The molecule has 7 aliphatic rings. The molecule has 0 N–H and O–H groups in total. The van der Waals surface area contributed by atoms with Crippen molar-refractivity contribution in [1.82, 2.24) is 9.80 Å². The second-order valence-corrected chi connectivity index (χ2v) is 23.3. The summed E-state index contributed by atoms with van der Waals surface area (Å²) in [5, 5.41) is 0. The Balaban J connectivity index is 1.12. The molecule has 0 aliphatic heterocycles. The number of hydrogen-bond donors (Lipinski definition) is 0. The Bertz CT molecular complexity index is 923. The van der Waals surface area contributed by atoms with Gasteiger partial charge < -0.3 is 4.90 Å². The minimum absolute atomic E-state index is 0.827. The molecule has 2 nitrogen and oxygen atoms in total. The van der Waals surface area contributed by atoms with Gasteiger partial charge in [0, 0.05) is 30.2 Å². The Morgan fingerprint density at radius 1 is 0.327 bits per heavy atom. The average Bonchev–Trinajstić information content (AvgIpc) is 3.19. The quantitative estimate of drug-likeness (QED) is 0.199. The summed E-state index contributed by atoms with van der Waals surface area (Å²) in [6, 6.07) is 4.36. The Hall–Kier alpha value is -0.543. The van der Waals surface area contributed by atoms with E-state index in [-0.39, 0.29) is 0 Å². The van der Waals surface area contributed by atoms with Crippen molar-refractivity contribution in [2.75, 3.05) is 0 Å². The van der Waals surface area contributed by atoms with Crippen LogP contribution in [-0.2, 0) is 0 Å². The van der Waals surface area contributed by atoms with Gasteiger partial charge in [0.15, 0.2) is 0 Å². The third-order valence-electron chi connectivity index (χ3n) is 16.0. The summed E-state index contributed by atoms with van der Waals surface area (Å²) in [6.07, 6.45) is 56.5. The lowest BCUT2D eigenvalue weighted by Gasteiger charge is -2.48. The zero-order valence-corrected chi connectivity index (χ0v) is 33.4. The fourth-order valence-corrected chi connectivity index (χ4v) is 18.9. The van der Waals surface area contributed by atoms with E-state index < -0.39 is 8.07 Å². The van der Waals surface area contributed by atoms with Gasteiger partial charge in [-0.05, 0) is 100 Å². The molecule has 0 bridgehead atoms. The molecule has 0 heterocycles. The van der Waals surface area contributed by atoms with Gasteiger partial charge in [-0.3, -0.25) is 4.90 Å². The van der Waals surface area contributed by atoms with Crippen molar-refractivity contribution in [1.29, 1.82) is 0 Å². The molecule has 7 fully saturated rings. The third kappa shape index (κ3) is 9.53. The van der Waals surface area contributed by atoms with E-state index in [0.717, 1.165) is 47.2 Å². The first-order valence-corrected chi connectivity index (χ1v) is 25.5. The molecular formula is C46H80N2Si. The molecular weight excluding hydrogens is 609 g/mol. The maximum absolute atomic E-state index is 3.20. The first kappa shape index (κ1) is 36.8. The van der Waals surface area contributed by atoms with Crippen molar-refractivity contribution < 1.29 is 0 Å². The molecule has 0 unspecified atom stereocenters. The molecule has 0 saturated heterocycles. The molecule has 3 heteroatoms. The van der Waals surface area contributed by atoms with Crippen molar-refractivity contribution in [3.63, 3.8) is 0 Å². The van der Waals surface area contributed by atoms with Gasteiger partial charge in [-0.2, -0.15) is 0 Å². The highest BCUT2D eigenvalue weighted by atomic mass is 28.3. The molecule has 0 radical (unpaired) electrons. The summed E-state index contributed by atoms with van der Waals surface area (Å²) < 4.78 is 0. The van der Waals surface area contributed by atoms with Crippen LogP contribution in [0.25, 0.3) is 0 Å². The lowest BCUT2D eigenvalue weighted by Crippen LogP contribution is -2.52. The van der Waals surface area contributed by atoms with Crippen LogP contribution in [-0.4, -0.2) is 48.1 Å². The smallest absolute Gasteiger partial charge is 0.109 e. The van der Waals surface area contributed by atoms with Gasteiger partial charge in [-0.1, -0.05) is 159 Å². The first-order valence-electron chi connectivity index (χ1n) is 23.2. The van der Waals surface area contributed by atoms with E-state index in [2.05, 4.69) is 33.5 Å². The Labute approximate surface area is 306 Å². The highest BCUT2D eigenvalue weighted by Crippen LogP contribution is 2.50. The molecule has 7 rings (SSSR count). The van der Waals surface area contributed by atoms with Crippen molar-refractivity contribution in [3.8, 4) is 0 Å². The number of nitrogens with zero attached hydrogens (tertiary/aromatic N) is 2. The van der Waals surface area contributed by atoms with Crippen LogP contribution in [0.1, 0.15) is 218 Å². The molecule has 0 spiro atoms. The van der Waals surface area contributed by atoms with Crippen LogP contribution in [0.4, 0.5) is 0 Å². The van der Waals surface area contributed by atoms with Crippen molar-refractivity contribution >= 4 is 8.07 Å². The van der Waals surface area contributed by atoms with Crippen molar-refractivity contribution in [2.24, 2.45) is 5.92 Å². The standard InChI is InChI=1S/C46H80N2Si/c1-7-19-40(20-8-1)47(41-21-9-2-10-22-41)36-38-49(45-27-15-5-16-28-45,46-29-17-6-18-30-46)37-35-39-31-33-44(34-32-39)48(42-23-11-3-12-24-42)43-25-13-4-14-26-43/h35-46H,1-34H2. The highest BCUT2D eigenvalue weighted by molar-refractivity contribution is 6.91. The zero-order chi connectivity index (χ0) is 33.1. The van der Waals surface area contributed by atoms with Gasteiger partial charge in [0.1, 0.15) is 8.07 Å². The molecule has 0 aromatic carbocycles. The fraction of sp³-hybridized carbons (Fsp3) is 0.913. The van der Waals surface area contributed by atoms with Crippen LogP contribution in [0.15, 0.2) is 23.7 Å². The van der Waals surface area contributed by atoms with Crippen molar-refractivity contribution in [3.05, 3.63) is 23.7 Å². The number of allylic oxidation sites excluding steroid dienone is 1. The van der Waals surface area contributed by atoms with E-state index in [4.69, 9.17) is 0 Å². The summed E-state index contributed by atoms with van der Waals surface area (Å²) in [6.45, 7) is 0. The third-order valence-corrected chi connectivity index (χ3v) is 21.4. The molecule has 7 aliphatic carbocycles. The SMILES string of the molecule is C(=C[Si](C=CN(C1CCCCC1)C1CCCCC1)(C1CCCCC1)C1CCCCC1)C1CCC(N(C2CCCCC2)C2CCCCC2)CC1. The van der Waals surface area contributed by atoms with Crippen LogP contribution < -0.4 is 0 Å². The highest BCUT2D eigenvalue weighted by Gasteiger charge is 2.45. The second-order valence-electron chi connectivity index (χ2n) is 19.0. The van der Waals surface area contributed by atoms with Crippen LogP contribution in [0.2, 0.25) is 11.1 Å². The van der Waals surface area contributed by atoms with Gasteiger partial charge in [-0.15, -0.1) is 0 Å². The minimum atomic E-state index is -1.77. The van der Waals surface area contributed by atoms with Gasteiger partial charge in [0.2, 0.25) is 0 Å². The average molecular weight is 689 g/mol.